The molecule has 0 aliphatic carbocycles. The maximum Gasteiger partial charge on any atom is 0.407 e. The van der Waals surface area contributed by atoms with Crippen LogP contribution in [-0.2, 0) is 22.0 Å². The van der Waals surface area contributed by atoms with Crippen LogP contribution in [0.2, 0.25) is 0 Å². The average Bonchev–Trinajstić information content (AvgIpc) is 3.37. The molecule has 3 aromatic rings. The molecule has 0 saturated carbocycles. The molecule has 204 valence electrons. The number of carbonyl (C=O) groups is 1. The number of aliphatic imine (C=N–C) groups is 1. The fourth-order valence-corrected chi connectivity index (χ4v) is 4.47. The van der Waals surface area contributed by atoms with E-state index in [2.05, 4.69) is 51.9 Å². The van der Waals surface area contributed by atoms with Crippen molar-refractivity contribution in [2.75, 3.05) is 19.8 Å². The highest BCUT2D eigenvalue weighted by molar-refractivity contribution is 7.12. The van der Waals surface area contributed by atoms with Gasteiger partial charge in [0.25, 0.3) is 0 Å². The lowest BCUT2D eigenvalue weighted by molar-refractivity contribution is 0.125. The van der Waals surface area contributed by atoms with Crippen LogP contribution in [0.15, 0.2) is 58.9 Å². The van der Waals surface area contributed by atoms with Crippen LogP contribution in [0.4, 0.5) is 10.5 Å². The summed E-state index contributed by atoms with van der Waals surface area (Å²) in [5.74, 6) is 1.44. The van der Waals surface area contributed by atoms with Gasteiger partial charge in [0.05, 0.1) is 10.6 Å². The number of rotatable bonds is 9. The molecule has 38 heavy (non-hydrogen) atoms. The van der Waals surface area contributed by atoms with E-state index < -0.39 is 6.09 Å². The van der Waals surface area contributed by atoms with Crippen LogP contribution in [0.25, 0.3) is 0 Å². The number of carbonyl (C=O) groups excluding carboxylic acids is 1. The van der Waals surface area contributed by atoms with Crippen LogP contribution in [0.1, 0.15) is 63.1 Å². The van der Waals surface area contributed by atoms with E-state index in [0.29, 0.717) is 30.3 Å². The monoisotopic (exact) mass is 537 g/mol. The molecule has 0 fully saturated rings. The summed E-state index contributed by atoms with van der Waals surface area (Å²) in [6.45, 7) is 13.1. The molecule has 2 aromatic carbocycles. The molecule has 1 heterocycles. The van der Waals surface area contributed by atoms with Crippen LogP contribution < -0.4 is 15.8 Å². The minimum absolute atomic E-state index is 0.112. The highest BCUT2D eigenvalue weighted by atomic mass is 32.1. The Morgan fingerprint density at radius 1 is 1.00 bits per heavy atom. The Bertz CT molecular complexity index is 1200. The van der Waals surface area contributed by atoms with Crippen LogP contribution in [-0.4, -0.2) is 36.8 Å². The topological polar surface area (TPSA) is 106 Å². The van der Waals surface area contributed by atoms with Crippen molar-refractivity contribution in [1.82, 2.24) is 5.32 Å². The quantitative estimate of drug-likeness (QED) is 0.166. The Morgan fingerprint density at radius 2 is 1.63 bits per heavy atom. The molecule has 1 amide bonds. The van der Waals surface area contributed by atoms with Crippen molar-refractivity contribution in [3.05, 3.63) is 75.5 Å². The smallest absolute Gasteiger partial charge is 0.407 e. The first-order chi connectivity index (χ1) is 17.8. The molecule has 1 aromatic heterocycles. The predicted molar refractivity (Wildman–Crippen MR) is 155 cm³/mol. The third-order valence-electron chi connectivity index (χ3n) is 5.93. The second-order valence-corrected chi connectivity index (χ2v) is 12.1. The Kier molecular flexibility index (Phi) is 9.44. The molecule has 7 nitrogen and oxygen atoms in total. The lowest BCUT2D eigenvalue weighted by atomic mass is 9.79. The summed E-state index contributed by atoms with van der Waals surface area (Å²) in [6, 6.07) is 15.4. The van der Waals surface area contributed by atoms with Gasteiger partial charge in [-0.1, -0.05) is 59.7 Å². The van der Waals surface area contributed by atoms with Crippen molar-refractivity contribution in [2.45, 2.75) is 58.8 Å². The fraction of sp³-hybridized carbons (Fsp3) is 0.400. The summed E-state index contributed by atoms with van der Waals surface area (Å²) in [5.41, 5.74) is 9.05. The number of nitrogens with one attached hydrogen (secondary N) is 1. The number of ether oxygens (including phenoxy) is 2. The van der Waals surface area contributed by atoms with E-state index in [1.54, 1.807) is 11.3 Å². The Morgan fingerprint density at radius 3 is 2.18 bits per heavy atom. The Balaban J connectivity index is 1.43. The van der Waals surface area contributed by atoms with Crippen LogP contribution in [0, 0.1) is 0 Å². The van der Waals surface area contributed by atoms with E-state index in [4.69, 9.17) is 15.2 Å². The maximum absolute atomic E-state index is 12.1. The van der Waals surface area contributed by atoms with E-state index in [1.165, 1.54) is 0 Å². The molecule has 0 aliphatic rings. The van der Waals surface area contributed by atoms with Gasteiger partial charge in [-0.25, -0.2) is 9.79 Å². The van der Waals surface area contributed by atoms with Gasteiger partial charge in [-0.05, 0) is 58.5 Å². The second-order valence-electron chi connectivity index (χ2n) is 11.2. The Hall–Kier alpha value is -3.52. The third-order valence-corrected chi connectivity index (χ3v) is 6.82. The fourth-order valence-electron chi connectivity index (χ4n) is 3.84. The number of phenolic OH excluding ortho intramolecular Hbond substituents is 1. The first kappa shape index (κ1) is 29.0. The molecule has 0 unspecified atom stereocenters. The van der Waals surface area contributed by atoms with Gasteiger partial charge >= 0.3 is 6.09 Å². The summed E-state index contributed by atoms with van der Waals surface area (Å²) >= 11 is 1.55. The van der Waals surface area contributed by atoms with Crippen molar-refractivity contribution in [2.24, 2.45) is 10.7 Å². The highest BCUT2D eigenvalue weighted by Gasteiger charge is 2.27. The molecule has 4 N–H and O–H groups in total. The van der Waals surface area contributed by atoms with Crippen molar-refractivity contribution < 1.29 is 19.4 Å². The van der Waals surface area contributed by atoms with Gasteiger partial charge in [-0.15, -0.1) is 11.3 Å². The lowest BCUT2D eigenvalue weighted by Gasteiger charge is -2.28. The summed E-state index contributed by atoms with van der Waals surface area (Å²) < 4.78 is 11.1. The number of nitrogens with two attached hydrogens (primary N) is 1. The van der Waals surface area contributed by atoms with Gasteiger partial charge in [-0.2, -0.15) is 0 Å². The summed E-state index contributed by atoms with van der Waals surface area (Å²) in [6.07, 6.45) is 0.171. The standard InChI is InChI=1S/C30H39N3O4S/c1-29(2,3)23-18-22(19-24(26(23)34)30(4,5)6)36-15-16-37-28(35)32-14-13-20-9-11-21(12-10-20)33-27(31)25-8-7-17-38-25/h7-12,17-19,34H,13-16H2,1-6H3,(H2,31,33)(H,32,35). The van der Waals surface area contributed by atoms with E-state index in [0.717, 1.165) is 27.3 Å². The minimum Gasteiger partial charge on any atom is -0.507 e. The van der Waals surface area contributed by atoms with E-state index in [1.807, 2.05) is 53.9 Å². The lowest BCUT2D eigenvalue weighted by Crippen LogP contribution is -2.28. The van der Waals surface area contributed by atoms with Crippen LogP contribution in [0.3, 0.4) is 0 Å². The van der Waals surface area contributed by atoms with Crippen molar-refractivity contribution in [1.29, 1.82) is 0 Å². The number of nitrogens with zero attached hydrogens (tertiary/aromatic N) is 1. The number of amides is 1. The van der Waals surface area contributed by atoms with E-state index in [-0.39, 0.29) is 24.0 Å². The van der Waals surface area contributed by atoms with Crippen LogP contribution >= 0.6 is 11.3 Å². The number of hydrogen-bond acceptors (Lipinski definition) is 6. The van der Waals surface area contributed by atoms with Gasteiger partial charge in [0, 0.05) is 17.7 Å². The number of amidine groups is 1. The number of alkyl carbamates (subject to hydrolysis) is 1. The molecule has 3 rings (SSSR count). The van der Waals surface area contributed by atoms with E-state index >= 15 is 0 Å². The van der Waals surface area contributed by atoms with Crippen molar-refractivity contribution in [3.63, 3.8) is 0 Å². The van der Waals surface area contributed by atoms with Crippen molar-refractivity contribution in [3.8, 4) is 11.5 Å². The number of aromatic hydroxyl groups is 1. The molecular formula is C30H39N3O4S. The SMILES string of the molecule is CC(C)(C)c1cc(OCCOC(=O)NCCc2ccc(N=C(N)c3cccs3)cc2)cc(C(C)(C)C)c1O. The number of phenols is 1. The normalized spacial score (nSPS) is 12.3. The van der Waals surface area contributed by atoms with E-state index in [9.17, 15) is 9.90 Å². The van der Waals surface area contributed by atoms with Crippen molar-refractivity contribution >= 4 is 29.0 Å². The number of benzene rings is 2. The number of thiophene rings is 1. The average molecular weight is 538 g/mol. The number of hydrogen-bond donors (Lipinski definition) is 3. The Labute approximate surface area is 229 Å². The van der Waals surface area contributed by atoms with Gasteiger partial charge in [-0.3, -0.25) is 0 Å². The predicted octanol–water partition coefficient (Wildman–Crippen LogP) is 6.43. The zero-order valence-corrected chi connectivity index (χ0v) is 23.9. The third kappa shape index (κ3) is 8.25. The minimum atomic E-state index is -0.491. The second kappa shape index (κ2) is 12.3. The van der Waals surface area contributed by atoms with Gasteiger partial charge in [0.15, 0.2) is 0 Å². The summed E-state index contributed by atoms with van der Waals surface area (Å²) in [7, 11) is 0. The van der Waals surface area contributed by atoms with Gasteiger partial charge in [0.1, 0.15) is 30.5 Å². The summed E-state index contributed by atoms with van der Waals surface area (Å²) in [4.78, 5) is 17.5. The zero-order valence-electron chi connectivity index (χ0n) is 23.1. The van der Waals surface area contributed by atoms with Crippen LogP contribution in [0.5, 0.6) is 11.5 Å². The van der Waals surface area contributed by atoms with Gasteiger partial charge in [0.2, 0.25) is 0 Å². The molecular weight excluding hydrogens is 498 g/mol. The molecule has 0 saturated heterocycles. The molecule has 8 heteroatoms. The molecule has 0 radical (unpaired) electrons. The summed E-state index contributed by atoms with van der Waals surface area (Å²) in [5, 5.41) is 15.6. The van der Waals surface area contributed by atoms with Gasteiger partial charge < -0.3 is 25.6 Å². The molecule has 0 spiro atoms. The first-order valence-corrected chi connectivity index (χ1v) is 13.6. The maximum atomic E-state index is 12.1. The first-order valence-electron chi connectivity index (χ1n) is 12.7. The molecule has 0 bridgehead atoms. The molecule has 0 atom stereocenters. The molecule has 0 aliphatic heterocycles. The largest absolute Gasteiger partial charge is 0.507 e. The zero-order chi connectivity index (χ0) is 27.9. The highest BCUT2D eigenvalue weighted by Crippen LogP contribution is 2.41.